The molecular formula is C15H28N4O. The highest BCUT2D eigenvalue weighted by atomic mass is 16.1. The topological polar surface area (TPSA) is 59.0 Å². The molecule has 0 aliphatic carbocycles. The predicted molar refractivity (Wildman–Crippen MR) is 81.4 cm³/mol. The van der Waals surface area contributed by atoms with E-state index in [9.17, 15) is 4.79 Å². The Hall–Kier alpha value is -1.36. The van der Waals surface area contributed by atoms with E-state index in [1.165, 1.54) is 0 Å². The van der Waals surface area contributed by atoms with Crippen molar-refractivity contribution in [1.82, 2.24) is 20.4 Å². The summed E-state index contributed by atoms with van der Waals surface area (Å²) >= 11 is 0. The lowest BCUT2D eigenvalue weighted by Gasteiger charge is -2.11. The Bertz CT molecular complexity index is 402. The van der Waals surface area contributed by atoms with Crippen LogP contribution in [0.5, 0.6) is 0 Å². The summed E-state index contributed by atoms with van der Waals surface area (Å²) in [7, 11) is 0. The molecule has 0 spiro atoms. The van der Waals surface area contributed by atoms with Gasteiger partial charge in [0.2, 0.25) is 5.91 Å². The Morgan fingerprint density at radius 1 is 1.35 bits per heavy atom. The maximum Gasteiger partial charge on any atom is 0.221 e. The first-order valence-electron chi connectivity index (χ1n) is 7.60. The van der Waals surface area contributed by atoms with E-state index in [0.29, 0.717) is 25.6 Å². The zero-order valence-corrected chi connectivity index (χ0v) is 13.1. The summed E-state index contributed by atoms with van der Waals surface area (Å²) in [5, 5.41) is 10.7. The maximum absolute atomic E-state index is 11.6. The van der Waals surface area contributed by atoms with Crippen LogP contribution in [-0.2, 0) is 11.3 Å². The average molecular weight is 280 g/mol. The number of carbonyl (C=O) groups excluding carboxylic acids is 1. The van der Waals surface area contributed by atoms with Gasteiger partial charge in [0.25, 0.3) is 0 Å². The summed E-state index contributed by atoms with van der Waals surface area (Å²) < 4.78 is 1.99. The smallest absolute Gasteiger partial charge is 0.221 e. The van der Waals surface area contributed by atoms with Crippen molar-refractivity contribution in [3.05, 3.63) is 18.0 Å². The van der Waals surface area contributed by atoms with Crippen molar-refractivity contribution >= 4 is 5.91 Å². The van der Waals surface area contributed by atoms with Crippen LogP contribution in [0.4, 0.5) is 0 Å². The Morgan fingerprint density at radius 2 is 2.10 bits per heavy atom. The van der Waals surface area contributed by atoms with Crippen LogP contribution >= 0.6 is 0 Å². The fourth-order valence-electron chi connectivity index (χ4n) is 1.77. The molecule has 2 N–H and O–H groups in total. The fraction of sp³-hybridized carbons (Fsp3) is 0.733. The minimum atomic E-state index is 0.108. The molecule has 1 rings (SSSR count). The number of aromatic nitrogens is 2. The van der Waals surface area contributed by atoms with Crippen molar-refractivity contribution in [2.24, 2.45) is 0 Å². The lowest BCUT2D eigenvalue weighted by Crippen LogP contribution is -2.33. The van der Waals surface area contributed by atoms with E-state index in [0.717, 1.165) is 18.5 Å². The van der Waals surface area contributed by atoms with E-state index in [1.807, 2.05) is 23.9 Å². The monoisotopic (exact) mass is 280 g/mol. The number of hydrogen-bond donors (Lipinski definition) is 2. The summed E-state index contributed by atoms with van der Waals surface area (Å²) in [5.41, 5.74) is 1.02. The van der Waals surface area contributed by atoms with E-state index in [2.05, 4.69) is 36.5 Å². The van der Waals surface area contributed by atoms with Gasteiger partial charge in [-0.05, 0) is 32.8 Å². The molecule has 0 fully saturated rings. The van der Waals surface area contributed by atoms with Crippen LogP contribution in [0.2, 0.25) is 0 Å². The molecular weight excluding hydrogens is 252 g/mol. The standard InChI is InChI=1S/C15H28N4O/c1-5-12(3)17-15(20)7-9-16-11-14-8-10-19(18-14)13(4)6-2/h8,10,12-13,16H,5-7,9,11H2,1-4H3,(H,17,20). The molecule has 1 aromatic rings. The third-order valence-electron chi connectivity index (χ3n) is 3.56. The minimum absolute atomic E-state index is 0.108. The van der Waals surface area contributed by atoms with Gasteiger partial charge in [-0.25, -0.2) is 0 Å². The first-order chi connectivity index (χ1) is 9.56. The number of amides is 1. The molecule has 0 aromatic carbocycles. The van der Waals surface area contributed by atoms with Crippen LogP contribution in [0.1, 0.15) is 58.7 Å². The minimum Gasteiger partial charge on any atom is -0.354 e. The number of nitrogens with zero attached hydrogens (tertiary/aromatic N) is 2. The molecule has 1 heterocycles. The molecule has 5 nitrogen and oxygen atoms in total. The molecule has 0 bridgehead atoms. The molecule has 1 amide bonds. The summed E-state index contributed by atoms with van der Waals surface area (Å²) in [4.78, 5) is 11.6. The van der Waals surface area contributed by atoms with Gasteiger partial charge in [-0.15, -0.1) is 0 Å². The summed E-state index contributed by atoms with van der Waals surface area (Å²) in [6, 6.07) is 2.72. The predicted octanol–water partition coefficient (Wildman–Crippen LogP) is 2.25. The first kappa shape index (κ1) is 16.7. The molecule has 0 aliphatic heterocycles. The largest absolute Gasteiger partial charge is 0.354 e. The van der Waals surface area contributed by atoms with Gasteiger partial charge in [0.1, 0.15) is 0 Å². The molecule has 5 heteroatoms. The van der Waals surface area contributed by atoms with Crippen molar-refractivity contribution in [2.45, 2.75) is 65.6 Å². The summed E-state index contributed by atoms with van der Waals surface area (Å²) in [5.74, 6) is 0.108. The second-order valence-electron chi connectivity index (χ2n) is 5.35. The van der Waals surface area contributed by atoms with Gasteiger partial charge in [0.05, 0.1) is 5.69 Å². The van der Waals surface area contributed by atoms with E-state index < -0.39 is 0 Å². The van der Waals surface area contributed by atoms with Crippen molar-refractivity contribution in [2.75, 3.05) is 6.54 Å². The number of carbonyl (C=O) groups is 1. The van der Waals surface area contributed by atoms with Crippen LogP contribution in [0, 0.1) is 0 Å². The van der Waals surface area contributed by atoms with Crippen molar-refractivity contribution in [1.29, 1.82) is 0 Å². The van der Waals surface area contributed by atoms with Crippen molar-refractivity contribution in [3.8, 4) is 0 Å². The quantitative estimate of drug-likeness (QED) is 0.682. The molecule has 2 atom stereocenters. The Kier molecular flexibility index (Phi) is 7.30. The molecule has 20 heavy (non-hydrogen) atoms. The second-order valence-corrected chi connectivity index (χ2v) is 5.35. The van der Waals surface area contributed by atoms with Crippen LogP contribution < -0.4 is 10.6 Å². The van der Waals surface area contributed by atoms with Gasteiger partial charge in [0, 0.05) is 37.8 Å². The van der Waals surface area contributed by atoms with Gasteiger partial charge < -0.3 is 10.6 Å². The summed E-state index contributed by atoms with van der Waals surface area (Å²) in [6.07, 6.45) is 4.56. The molecule has 0 saturated heterocycles. The fourth-order valence-corrected chi connectivity index (χ4v) is 1.77. The zero-order valence-electron chi connectivity index (χ0n) is 13.1. The number of hydrogen-bond acceptors (Lipinski definition) is 3. The highest BCUT2D eigenvalue weighted by Gasteiger charge is 2.06. The lowest BCUT2D eigenvalue weighted by atomic mass is 10.2. The number of nitrogens with one attached hydrogen (secondary N) is 2. The maximum atomic E-state index is 11.6. The Morgan fingerprint density at radius 3 is 2.75 bits per heavy atom. The van der Waals surface area contributed by atoms with E-state index in [-0.39, 0.29) is 11.9 Å². The van der Waals surface area contributed by atoms with E-state index in [4.69, 9.17) is 0 Å². The highest BCUT2D eigenvalue weighted by molar-refractivity contribution is 5.76. The van der Waals surface area contributed by atoms with Gasteiger partial charge in [-0.3, -0.25) is 9.48 Å². The molecule has 0 saturated carbocycles. The van der Waals surface area contributed by atoms with Gasteiger partial charge in [-0.2, -0.15) is 5.10 Å². The number of rotatable bonds is 9. The normalized spacial score (nSPS) is 14.0. The third-order valence-corrected chi connectivity index (χ3v) is 3.56. The van der Waals surface area contributed by atoms with Crippen LogP contribution in [0.3, 0.4) is 0 Å². The lowest BCUT2D eigenvalue weighted by molar-refractivity contribution is -0.121. The van der Waals surface area contributed by atoms with E-state index >= 15 is 0 Å². The van der Waals surface area contributed by atoms with Gasteiger partial charge in [-0.1, -0.05) is 13.8 Å². The molecule has 0 radical (unpaired) electrons. The third kappa shape index (κ3) is 5.74. The van der Waals surface area contributed by atoms with E-state index in [1.54, 1.807) is 0 Å². The second kappa shape index (κ2) is 8.74. The molecule has 1 aromatic heterocycles. The van der Waals surface area contributed by atoms with Crippen LogP contribution in [0.15, 0.2) is 12.3 Å². The first-order valence-corrected chi connectivity index (χ1v) is 7.60. The van der Waals surface area contributed by atoms with Crippen molar-refractivity contribution in [3.63, 3.8) is 0 Å². The van der Waals surface area contributed by atoms with Gasteiger partial charge >= 0.3 is 0 Å². The Labute approximate surface area is 122 Å². The van der Waals surface area contributed by atoms with Crippen LogP contribution in [-0.4, -0.2) is 28.3 Å². The van der Waals surface area contributed by atoms with Crippen LogP contribution in [0.25, 0.3) is 0 Å². The Balaban J connectivity index is 2.21. The molecule has 114 valence electrons. The molecule has 0 aliphatic rings. The van der Waals surface area contributed by atoms with Gasteiger partial charge in [0.15, 0.2) is 0 Å². The zero-order chi connectivity index (χ0) is 15.0. The highest BCUT2D eigenvalue weighted by Crippen LogP contribution is 2.08. The summed E-state index contributed by atoms with van der Waals surface area (Å²) in [6.45, 7) is 9.78. The van der Waals surface area contributed by atoms with Crippen molar-refractivity contribution < 1.29 is 4.79 Å². The average Bonchev–Trinajstić information content (AvgIpc) is 2.91. The molecule has 2 unspecified atom stereocenters. The SMILES string of the molecule is CCC(C)NC(=O)CCNCc1ccn(C(C)CC)n1.